The molecule has 0 amide bonds. The van der Waals surface area contributed by atoms with Gasteiger partial charge in [-0.25, -0.2) is 0 Å². The number of nitro benzene ring substituents is 1. The van der Waals surface area contributed by atoms with Crippen molar-refractivity contribution in [2.75, 3.05) is 19.4 Å². The number of non-ortho nitro benzene ring substituents is 1. The number of phenols is 1. The lowest BCUT2D eigenvalue weighted by Crippen LogP contribution is -2.21. The van der Waals surface area contributed by atoms with Crippen molar-refractivity contribution in [2.24, 2.45) is 0 Å². The number of allylic oxidation sites excluding steroid dienone is 2. The third-order valence-corrected chi connectivity index (χ3v) is 2.59. The summed E-state index contributed by atoms with van der Waals surface area (Å²) in [4.78, 5) is 22.6. The van der Waals surface area contributed by atoms with Gasteiger partial charge in [-0.3, -0.25) is 14.9 Å². The Morgan fingerprint density at radius 1 is 1.38 bits per heavy atom. The van der Waals surface area contributed by atoms with Crippen LogP contribution in [0.15, 0.2) is 42.2 Å². The average molecular weight is 345 g/mol. The molecule has 0 radical (unpaired) electrons. The van der Waals surface area contributed by atoms with Crippen molar-refractivity contribution < 1.29 is 28.0 Å². The van der Waals surface area contributed by atoms with Crippen LogP contribution in [0.4, 0.5) is 24.5 Å². The van der Waals surface area contributed by atoms with E-state index in [4.69, 9.17) is 0 Å². The number of nitro groups is 1. The lowest BCUT2D eigenvalue weighted by atomic mass is 10.2. The van der Waals surface area contributed by atoms with Crippen LogP contribution in [0.2, 0.25) is 0 Å². The summed E-state index contributed by atoms with van der Waals surface area (Å²) in [5.41, 5.74) is -0.899. The van der Waals surface area contributed by atoms with Gasteiger partial charge in [0, 0.05) is 44.2 Å². The van der Waals surface area contributed by atoms with Crippen LogP contribution in [0.5, 0.6) is 5.75 Å². The molecule has 0 aliphatic rings. The van der Waals surface area contributed by atoms with Gasteiger partial charge in [0.1, 0.15) is 5.75 Å². The van der Waals surface area contributed by atoms with Crippen molar-refractivity contribution in [3.05, 3.63) is 52.4 Å². The van der Waals surface area contributed by atoms with Gasteiger partial charge < -0.3 is 15.3 Å². The van der Waals surface area contributed by atoms with E-state index >= 15 is 0 Å². The second kappa shape index (κ2) is 7.49. The van der Waals surface area contributed by atoms with E-state index in [-0.39, 0.29) is 23.1 Å². The van der Waals surface area contributed by atoms with Crippen molar-refractivity contribution in [3.8, 4) is 5.75 Å². The highest BCUT2D eigenvalue weighted by atomic mass is 19.4. The van der Waals surface area contributed by atoms with Crippen LogP contribution in [0.1, 0.15) is 0 Å². The first-order valence-electron chi connectivity index (χ1n) is 6.42. The topological polar surface area (TPSA) is 95.7 Å². The molecule has 1 rings (SSSR count). The predicted octanol–water partition coefficient (Wildman–Crippen LogP) is 2.80. The van der Waals surface area contributed by atoms with Crippen molar-refractivity contribution >= 4 is 17.2 Å². The number of hydrogen-bond acceptors (Lipinski definition) is 6. The van der Waals surface area contributed by atoms with Gasteiger partial charge in [0.2, 0.25) is 0 Å². The second-order valence-corrected chi connectivity index (χ2v) is 4.82. The minimum absolute atomic E-state index is 0.214. The van der Waals surface area contributed by atoms with Gasteiger partial charge in [-0.1, -0.05) is 0 Å². The molecule has 10 heteroatoms. The Bertz CT molecular complexity index is 697. The van der Waals surface area contributed by atoms with Gasteiger partial charge in [-0.05, 0) is 12.1 Å². The molecule has 0 fully saturated rings. The van der Waals surface area contributed by atoms with Crippen LogP contribution < -0.4 is 5.32 Å². The molecule has 0 aliphatic carbocycles. The number of aromatic hydroxyl groups is 1. The molecule has 0 unspecified atom stereocenters. The van der Waals surface area contributed by atoms with Crippen LogP contribution in [-0.4, -0.2) is 41.0 Å². The Kier molecular flexibility index (Phi) is 5.93. The number of phenolic OH excluding ortho intramolecular Hbond substituents is 1. The summed E-state index contributed by atoms with van der Waals surface area (Å²) < 4.78 is 37.2. The Hall–Kier alpha value is -3.04. The molecule has 1 aromatic carbocycles. The number of anilines is 1. The zero-order chi connectivity index (χ0) is 18.5. The molecule has 130 valence electrons. The van der Waals surface area contributed by atoms with E-state index in [0.29, 0.717) is 0 Å². The molecule has 0 bridgehead atoms. The Labute approximate surface area is 134 Å². The highest BCUT2D eigenvalue weighted by molar-refractivity contribution is 5.95. The summed E-state index contributed by atoms with van der Waals surface area (Å²) in [6.07, 6.45) is -2.26. The first-order chi connectivity index (χ1) is 11.0. The zero-order valence-corrected chi connectivity index (χ0v) is 12.7. The number of alkyl halides is 3. The number of hydrogen-bond donors (Lipinski definition) is 2. The molecular weight excluding hydrogens is 331 g/mol. The molecule has 0 spiro atoms. The number of carbonyl (C=O) groups excluding carboxylic acids is 1. The third kappa shape index (κ3) is 5.63. The zero-order valence-electron chi connectivity index (χ0n) is 12.7. The van der Waals surface area contributed by atoms with E-state index < -0.39 is 22.6 Å². The minimum atomic E-state index is -5.07. The van der Waals surface area contributed by atoms with E-state index in [0.717, 1.165) is 24.3 Å². The number of carbonyl (C=O) groups is 1. The Morgan fingerprint density at radius 3 is 2.50 bits per heavy atom. The van der Waals surface area contributed by atoms with Gasteiger partial charge in [0.25, 0.3) is 11.5 Å². The maximum atomic E-state index is 12.4. The lowest BCUT2D eigenvalue weighted by molar-refractivity contribution is -0.384. The normalized spacial score (nSPS) is 12.3. The van der Waals surface area contributed by atoms with Crippen LogP contribution in [0.25, 0.3) is 0 Å². The van der Waals surface area contributed by atoms with Crippen LogP contribution >= 0.6 is 0 Å². The fourth-order valence-corrected chi connectivity index (χ4v) is 1.47. The minimum Gasteiger partial charge on any atom is -0.506 e. The number of rotatable bonds is 6. The van der Waals surface area contributed by atoms with Gasteiger partial charge in [0.15, 0.2) is 0 Å². The second-order valence-electron chi connectivity index (χ2n) is 4.82. The van der Waals surface area contributed by atoms with Crippen LogP contribution in [-0.2, 0) is 4.79 Å². The van der Waals surface area contributed by atoms with Gasteiger partial charge in [-0.2, -0.15) is 13.2 Å². The quantitative estimate of drug-likeness (QED) is 0.271. The molecule has 0 saturated heterocycles. The number of benzene rings is 1. The van der Waals surface area contributed by atoms with E-state index in [1.807, 2.05) is 0 Å². The highest BCUT2D eigenvalue weighted by Gasteiger charge is 2.36. The van der Waals surface area contributed by atoms with Crippen LogP contribution in [0.3, 0.4) is 0 Å². The van der Waals surface area contributed by atoms with E-state index in [1.54, 1.807) is 14.1 Å². The lowest BCUT2D eigenvalue weighted by Gasteiger charge is -2.11. The SMILES string of the molecule is CN(C)/C=C/C(=C/C(=O)C(F)(F)F)Nc1cc([N+](=O)[O-])ccc1O. The van der Waals surface area contributed by atoms with Crippen molar-refractivity contribution in [1.29, 1.82) is 0 Å². The summed E-state index contributed by atoms with van der Waals surface area (Å²) in [7, 11) is 3.20. The van der Waals surface area contributed by atoms with Gasteiger partial charge in [0.05, 0.1) is 10.6 Å². The Morgan fingerprint density at radius 2 is 2.00 bits per heavy atom. The monoisotopic (exact) mass is 345 g/mol. The fourth-order valence-electron chi connectivity index (χ4n) is 1.47. The fraction of sp³-hybridized carbons (Fsp3) is 0.214. The molecule has 0 atom stereocenters. The third-order valence-electron chi connectivity index (χ3n) is 2.59. The summed E-state index contributed by atoms with van der Waals surface area (Å²) >= 11 is 0. The molecular formula is C14H14F3N3O4. The van der Waals surface area contributed by atoms with Crippen LogP contribution in [0, 0.1) is 10.1 Å². The van der Waals surface area contributed by atoms with E-state index in [2.05, 4.69) is 5.32 Å². The first-order valence-corrected chi connectivity index (χ1v) is 6.42. The van der Waals surface area contributed by atoms with Crippen molar-refractivity contribution in [1.82, 2.24) is 4.90 Å². The van der Waals surface area contributed by atoms with Crippen molar-refractivity contribution in [3.63, 3.8) is 0 Å². The number of halogens is 3. The standard InChI is InChI=1S/C14H14F3N3O4/c1-19(2)6-5-9(7-13(22)14(15,16)17)18-11-8-10(20(23)24)3-4-12(11)21/h3-8,18,21H,1-2H3/b6-5+,9-7-. The van der Waals surface area contributed by atoms with E-state index in [1.165, 1.54) is 11.1 Å². The Balaban J connectivity index is 3.23. The van der Waals surface area contributed by atoms with Gasteiger partial charge >= 0.3 is 6.18 Å². The number of nitrogens with one attached hydrogen (secondary N) is 1. The average Bonchev–Trinajstić information content (AvgIpc) is 2.45. The maximum absolute atomic E-state index is 12.4. The molecule has 24 heavy (non-hydrogen) atoms. The summed E-state index contributed by atoms with van der Waals surface area (Å²) in [5, 5.41) is 22.8. The molecule has 2 N–H and O–H groups in total. The smallest absolute Gasteiger partial charge is 0.454 e. The molecule has 0 heterocycles. The molecule has 1 aromatic rings. The first kappa shape index (κ1) is 19.0. The number of ketones is 1. The maximum Gasteiger partial charge on any atom is 0.454 e. The summed E-state index contributed by atoms with van der Waals surface area (Å²) in [6.45, 7) is 0. The molecule has 7 nitrogen and oxygen atoms in total. The largest absolute Gasteiger partial charge is 0.506 e. The summed E-state index contributed by atoms with van der Waals surface area (Å²) in [5.74, 6) is -2.54. The molecule has 0 aliphatic heterocycles. The number of nitrogens with zero attached hydrogens (tertiary/aromatic N) is 2. The predicted molar refractivity (Wildman–Crippen MR) is 80.4 cm³/mol. The molecule has 0 aromatic heterocycles. The highest BCUT2D eigenvalue weighted by Crippen LogP contribution is 2.29. The van der Waals surface area contributed by atoms with Crippen molar-refractivity contribution in [2.45, 2.75) is 6.18 Å². The summed E-state index contributed by atoms with van der Waals surface area (Å²) in [6, 6.07) is 2.98. The van der Waals surface area contributed by atoms with Gasteiger partial charge in [-0.15, -0.1) is 0 Å². The molecule has 0 saturated carbocycles. The van der Waals surface area contributed by atoms with E-state index in [9.17, 15) is 33.2 Å².